The van der Waals surface area contributed by atoms with Gasteiger partial charge in [0.1, 0.15) is 0 Å². The normalized spacial score (nSPS) is 23.5. The molecule has 3 N–H and O–H groups in total. The van der Waals surface area contributed by atoms with Gasteiger partial charge in [-0.3, -0.25) is 0 Å². The molecule has 100 valence electrons. The highest BCUT2D eigenvalue weighted by molar-refractivity contribution is 5.86. The first kappa shape index (κ1) is 12.5. The smallest absolute Gasteiger partial charge is 0.0412 e. The van der Waals surface area contributed by atoms with Gasteiger partial charge in [-0.05, 0) is 42.7 Å². The van der Waals surface area contributed by atoms with Crippen LogP contribution < -0.4 is 11.1 Å². The quantitative estimate of drug-likeness (QED) is 0.854. The summed E-state index contributed by atoms with van der Waals surface area (Å²) in [4.78, 5) is 0. The van der Waals surface area contributed by atoms with Gasteiger partial charge in [-0.1, -0.05) is 42.7 Å². The Morgan fingerprint density at radius 1 is 1.00 bits per heavy atom. The standard InChI is InChI=1S/C17H22N2/c1-12-6-7-14-11-15(9-8-13(14)10-12)19-17-5-3-2-4-16(17)18/h6-11,16-17,19H,2-5,18H2,1H3. The van der Waals surface area contributed by atoms with E-state index in [-0.39, 0.29) is 0 Å². The molecule has 2 heteroatoms. The highest BCUT2D eigenvalue weighted by Crippen LogP contribution is 2.24. The predicted octanol–water partition coefficient (Wildman–Crippen LogP) is 3.83. The second-order valence-corrected chi connectivity index (χ2v) is 5.76. The van der Waals surface area contributed by atoms with Gasteiger partial charge in [0.25, 0.3) is 0 Å². The van der Waals surface area contributed by atoms with Crippen molar-refractivity contribution in [3.8, 4) is 0 Å². The summed E-state index contributed by atoms with van der Waals surface area (Å²) in [6, 6.07) is 13.9. The molecule has 2 aromatic carbocycles. The van der Waals surface area contributed by atoms with Gasteiger partial charge in [-0.2, -0.15) is 0 Å². The Hall–Kier alpha value is -1.54. The summed E-state index contributed by atoms with van der Waals surface area (Å²) in [5.74, 6) is 0. The minimum atomic E-state index is 0.294. The fourth-order valence-corrected chi connectivity index (χ4v) is 3.01. The minimum absolute atomic E-state index is 0.294. The predicted molar refractivity (Wildman–Crippen MR) is 82.5 cm³/mol. The van der Waals surface area contributed by atoms with Crippen molar-refractivity contribution in [2.45, 2.75) is 44.7 Å². The lowest BCUT2D eigenvalue weighted by molar-refractivity contribution is 0.404. The van der Waals surface area contributed by atoms with Crippen LogP contribution in [0.25, 0.3) is 10.8 Å². The number of hydrogen-bond acceptors (Lipinski definition) is 2. The van der Waals surface area contributed by atoms with Crippen LogP contribution >= 0.6 is 0 Å². The Kier molecular flexibility index (Phi) is 3.43. The van der Waals surface area contributed by atoms with Gasteiger partial charge in [0.15, 0.2) is 0 Å². The maximum atomic E-state index is 6.20. The fourth-order valence-electron chi connectivity index (χ4n) is 3.01. The van der Waals surface area contributed by atoms with Gasteiger partial charge < -0.3 is 11.1 Å². The largest absolute Gasteiger partial charge is 0.381 e. The van der Waals surface area contributed by atoms with Crippen LogP contribution in [-0.4, -0.2) is 12.1 Å². The first-order valence-electron chi connectivity index (χ1n) is 7.25. The maximum Gasteiger partial charge on any atom is 0.0412 e. The molecule has 1 aliphatic rings. The molecule has 2 aromatic rings. The van der Waals surface area contributed by atoms with Crippen LogP contribution in [0.15, 0.2) is 36.4 Å². The lowest BCUT2D eigenvalue weighted by Crippen LogP contribution is -2.42. The maximum absolute atomic E-state index is 6.20. The van der Waals surface area contributed by atoms with Crippen LogP contribution in [0.4, 0.5) is 5.69 Å². The molecule has 0 bridgehead atoms. The zero-order valence-corrected chi connectivity index (χ0v) is 11.5. The number of nitrogens with two attached hydrogens (primary N) is 1. The number of aryl methyl sites for hydroxylation is 1. The molecule has 1 saturated carbocycles. The van der Waals surface area contributed by atoms with E-state index in [4.69, 9.17) is 5.73 Å². The molecule has 19 heavy (non-hydrogen) atoms. The second-order valence-electron chi connectivity index (χ2n) is 5.76. The average Bonchev–Trinajstić information content (AvgIpc) is 2.41. The third-order valence-electron chi connectivity index (χ3n) is 4.17. The first-order chi connectivity index (χ1) is 9.22. The first-order valence-corrected chi connectivity index (χ1v) is 7.25. The van der Waals surface area contributed by atoms with Crippen LogP contribution in [0.5, 0.6) is 0 Å². The Morgan fingerprint density at radius 3 is 2.58 bits per heavy atom. The molecule has 1 aliphatic carbocycles. The third kappa shape index (κ3) is 2.74. The molecule has 2 unspecified atom stereocenters. The molecule has 0 aliphatic heterocycles. The lowest BCUT2D eigenvalue weighted by atomic mass is 9.91. The monoisotopic (exact) mass is 254 g/mol. The number of anilines is 1. The number of nitrogens with one attached hydrogen (secondary N) is 1. The molecule has 3 rings (SSSR count). The Labute approximate surface area is 115 Å². The third-order valence-corrected chi connectivity index (χ3v) is 4.17. The van der Waals surface area contributed by atoms with E-state index in [1.807, 2.05) is 0 Å². The van der Waals surface area contributed by atoms with Crippen molar-refractivity contribution in [1.29, 1.82) is 0 Å². The summed E-state index contributed by atoms with van der Waals surface area (Å²) in [6.07, 6.45) is 4.89. The van der Waals surface area contributed by atoms with Crippen LogP contribution in [-0.2, 0) is 0 Å². The van der Waals surface area contributed by atoms with Crippen LogP contribution in [0, 0.1) is 6.92 Å². The molecular formula is C17H22N2. The van der Waals surface area contributed by atoms with E-state index < -0.39 is 0 Å². The minimum Gasteiger partial charge on any atom is -0.381 e. The Morgan fingerprint density at radius 2 is 1.74 bits per heavy atom. The molecule has 0 heterocycles. The highest BCUT2D eigenvalue weighted by atomic mass is 15.0. The zero-order chi connectivity index (χ0) is 13.2. The number of hydrogen-bond donors (Lipinski definition) is 2. The molecule has 0 spiro atoms. The average molecular weight is 254 g/mol. The van der Waals surface area contributed by atoms with Gasteiger partial charge >= 0.3 is 0 Å². The van der Waals surface area contributed by atoms with Crippen molar-refractivity contribution >= 4 is 16.5 Å². The van der Waals surface area contributed by atoms with Crippen molar-refractivity contribution in [2.24, 2.45) is 5.73 Å². The molecule has 0 aromatic heterocycles. The van der Waals surface area contributed by atoms with E-state index in [1.165, 1.54) is 41.3 Å². The van der Waals surface area contributed by atoms with Crippen molar-refractivity contribution in [2.75, 3.05) is 5.32 Å². The van der Waals surface area contributed by atoms with Crippen molar-refractivity contribution in [3.05, 3.63) is 42.0 Å². The van der Waals surface area contributed by atoms with Gasteiger partial charge in [0.05, 0.1) is 0 Å². The van der Waals surface area contributed by atoms with Crippen LogP contribution in [0.1, 0.15) is 31.2 Å². The van der Waals surface area contributed by atoms with Crippen LogP contribution in [0.2, 0.25) is 0 Å². The topological polar surface area (TPSA) is 38.0 Å². The van der Waals surface area contributed by atoms with Crippen LogP contribution in [0.3, 0.4) is 0 Å². The van der Waals surface area contributed by atoms with E-state index in [2.05, 4.69) is 48.6 Å². The van der Waals surface area contributed by atoms with Gasteiger partial charge in [0, 0.05) is 17.8 Å². The van der Waals surface area contributed by atoms with Crippen molar-refractivity contribution < 1.29 is 0 Å². The highest BCUT2D eigenvalue weighted by Gasteiger charge is 2.21. The van der Waals surface area contributed by atoms with E-state index in [9.17, 15) is 0 Å². The molecule has 2 atom stereocenters. The molecule has 0 radical (unpaired) electrons. The number of rotatable bonds is 2. The van der Waals surface area contributed by atoms with E-state index >= 15 is 0 Å². The van der Waals surface area contributed by atoms with Gasteiger partial charge in [0.2, 0.25) is 0 Å². The zero-order valence-electron chi connectivity index (χ0n) is 11.5. The lowest BCUT2D eigenvalue weighted by Gasteiger charge is -2.30. The summed E-state index contributed by atoms with van der Waals surface area (Å²) in [5.41, 5.74) is 8.70. The van der Waals surface area contributed by atoms with Gasteiger partial charge in [-0.15, -0.1) is 0 Å². The molecule has 2 nitrogen and oxygen atoms in total. The van der Waals surface area contributed by atoms with E-state index in [0.29, 0.717) is 12.1 Å². The van der Waals surface area contributed by atoms with Crippen molar-refractivity contribution in [3.63, 3.8) is 0 Å². The fraction of sp³-hybridized carbons (Fsp3) is 0.412. The Bertz CT molecular complexity index is 576. The van der Waals surface area contributed by atoms with E-state index in [0.717, 1.165) is 6.42 Å². The summed E-state index contributed by atoms with van der Waals surface area (Å²) >= 11 is 0. The number of benzene rings is 2. The summed E-state index contributed by atoms with van der Waals surface area (Å²) < 4.78 is 0. The second kappa shape index (κ2) is 5.22. The summed E-state index contributed by atoms with van der Waals surface area (Å²) in [7, 11) is 0. The molecule has 0 amide bonds. The van der Waals surface area contributed by atoms with Gasteiger partial charge in [-0.25, -0.2) is 0 Å². The Balaban J connectivity index is 1.83. The summed E-state index contributed by atoms with van der Waals surface area (Å²) in [5, 5.41) is 6.21. The SMILES string of the molecule is Cc1ccc2cc(NC3CCCCC3N)ccc2c1. The van der Waals surface area contributed by atoms with E-state index in [1.54, 1.807) is 0 Å². The molecular weight excluding hydrogens is 232 g/mol. The van der Waals surface area contributed by atoms with Crippen molar-refractivity contribution in [1.82, 2.24) is 0 Å². The molecule has 1 fully saturated rings. The number of fused-ring (bicyclic) bond motifs is 1. The summed E-state index contributed by atoms with van der Waals surface area (Å²) in [6.45, 7) is 2.13. The molecule has 0 saturated heterocycles.